The highest BCUT2D eigenvalue weighted by molar-refractivity contribution is 6.02. The van der Waals surface area contributed by atoms with Crippen molar-refractivity contribution in [2.24, 2.45) is 0 Å². The van der Waals surface area contributed by atoms with E-state index in [1.807, 2.05) is 30.3 Å². The Labute approximate surface area is 150 Å². The molecule has 0 unspecified atom stereocenters. The van der Waals surface area contributed by atoms with Crippen molar-refractivity contribution in [3.05, 3.63) is 78.2 Å². The quantitative estimate of drug-likeness (QED) is 0.560. The minimum atomic E-state index is -0.481. The van der Waals surface area contributed by atoms with E-state index in [1.165, 1.54) is 19.3 Å². The number of esters is 1. The highest BCUT2D eigenvalue weighted by atomic mass is 16.5. The van der Waals surface area contributed by atoms with Crippen LogP contribution in [0.25, 0.3) is 17.4 Å². The van der Waals surface area contributed by atoms with Crippen molar-refractivity contribution < 1.29 is 18.7 Å². The van der Waals surface area contributed by atoms with Crippen LogP contribution in [0, 0.1) is 0 Å². The molecular weight excluding hydrogens is 332 g/mol. The van der Waals surface area contributed by atoms with Crippen LogP contribution in [0.15, 0.2) is 71.2 Å². The van der Waals surface area contributed by atoms with E-state index in [9.17, 15) is 9.59 Å². The second-order valence-electron chi connectivity index (χ2n) is 5.29. The molecule has 2 heterocycles. The smallest absolute Gasteiger partial charge is 0.330 e. The number of benzene rings is 1. The van der Waals surface area contributed by atoms with E-state index in [4.69, 9.17) is 4.42 Å². The molecule has 1 N–H and O–H groups in total. The Morgan fingerprint density at radius 2 is 1.85 bits per heavy atom. The van der Waals surface area contributed by atoms with Gasteiger partial charge in [-0.25, -0.2) is 9.78 Å². The molecule has 6 nitrogen and oxygen atoms in total. The van der Waals surface area contributed by atoms with Crippen LogP contribution in [0.2, 0.25) is 0 Å². The molecule has 26 heavy (non-hydrogen) atoms. The van der Waals surface area contributed by atoms with Gasteiger partial charge in [-0.2, -0.15) is 0 Å². The van der Waals surface area contributed by atoms with Gasteiger partial charge in [-0.3, -0.25) is 4.79 Å². The fourth-order valence-electron chi connectivity index (χ4n) is 2.23. The Morgan fingerprint density at radius 3 is 2.62 bits per heavy atom. The van der Waals surface area contributed by atoms with Crippen molar-refractivity contribution in [2.75, 3.05) is 12.4 Å². The summed E-state index contributed by atoms with van der Waals surface area (Å²) < 4.78 is 10.1. The highest BCUT2D eigenvalue weighted by Crippen LogP contribution is 2.22. The van der Waals surface area contributed by atoms with Crippen molar-refractivity contribution in [2.45, 2.75) is 0 Å². The number of amides is 1. The summed E-state index contributed by atoms with van der Waals surface area (Å²) in [7, 11) is 1.30. The minimum absolute atomic E-state index is 0.182. The molecular formula is C20H16N2O4. The number of anilines is 1. The Kier molecular flexibility index (Phi) is 5.24. The standard InChI is InChI=1S/C20H16N2O4/c1-25-19(23)13-10-15-8-5-9-18(21-15)22-20(24)17-12-11-16(26-17)14-6-3-2-4-7-14/h2-13H,1H3,(H,21,22,24). The van der Waals surface area contributed by atoms with Crippen LogP contribution >= 0.6 is 0 Å². The van der Waals surface area contributed by atoms with Crippen LogP contribution in [0.3, 0.4) is 0 Å². The van der Waals surface area contributed by atoms with Crippen LogP contribution in [-0.2, 0) is 9.53 Å². The van der Waals surface area contributed by atoms with Gasteiger partial charge in [0, 0.05) is 11.6 Å². The lowest BCUT2D eigenvalue weighted by Gasteiger charge is -2.03. The molecule has 130 valence electrons. The van der Waals surface area contributed by atoms with Gasteiger partial charge in [-0.05, 0) is 30.3 Å². The van der Waals surface area contributed by atoms with Gasteiger partial charge in [-0.15, -0.1) is 0 Å². The maximum Gasteiger partial charge on any atom is 0.330 e. The number of methoxy groups -OCH3 is 1. The molecule has 3 rings (SSSR count). The molecule has 0 bridgehead atoms. The van der Waals surface area contributed by atoms with E-state index in [2.05, 4.69) is 15.0 Å². The molecule has 1 amide bonds. The first-order valence-corrected chi connectivity index (χ1v) is 7.85. The largest absolute Gasteiger partial charge is 0.466 e. The molecule has 3 aromatic rings. The molecule has 0 saturated heterocycles. The molecule has 6 heteroatoms. The van der Waals surface area contributed by atoms with Crippen molar-refractivity contribution in [1.82, 2.24) is 4.98 Å². The van der Waals surface area contributed by atoms with E-state index in [-0.39, 0.29) is 5.76 Å². The number of aromatic nitrogens is 1. The molecule has 1 aromatic carbocycles. The molecule has 0 aliphatic carbocycles. The van der Waals surface area contributed by atoms with Crippen molar-refractivity contribution in [3.63, 3.8) is 0 Å². The van der Waals surface area contributed by atoms with Crippen LogP contribution in [0.4, 0.5) is 5.82 Å². The first-order valence-electron chi connectivity index (χ1n) is 7.85. The lowest BCUT2D eigenvalue weighted by Crippen LogP contribution is -2.12. The zero-order valence-corrected chi connectivity index (χ0v) is 14.0. The molecule has 0 aliphatic heterocycles. The fourth-order valence-corrected chi connectivity index (χ4v) is 2.23. The van der Waals surface area contributed by atoms with E-state index < -0.39 is 11.9 Å². The van der Waals surface area contributed by atoms with Gasteiger partial charge < -0.3 is 14.5 Å². The maximum absolute atomic E-state index is 12.3. The topological polar surface area (TPSA) is 81.4 Å². The number of carbonyl (C=O) groups is 2. The summed E-state index contributed by atoms with van der Waals surface area (Å²) in [4.78, 5) is 27.7. The third kappa shape index (κ3) is 4.24. The Morgan fingerprint density at radius 1 is 1.04 bits per heavy atom. The van der Waals surface area contributed by atoms with Gasteiger partial charge >= 0.3 is 5.97 Å². The van der Waals surface area contributed by atoms with Crippen LogP contribution in [-0.4, -0.2) is 24.0 Å². The van der Waals surface area contributed by atoms with Gasteiger partial charge in [0.2, 0.25) is 0 Å². The highest BCUT2D eigenvalue weighted by Gasteiger charge is 2.13. The fraction of sp³-hybridized carbons (Fsp3) is 0.0500. The van der Waals surface area contributed by atoms with E-state index in [0.29, 0.717) is 17.3 Å². The number of carbonyl (C=O) groups excluding carboxylic acids is 2. The van der Waals surface area contributed by atoms with Crippen molar-refractivity contribution in [1.29, 1.82) is 0 Å². The van der Waals surface area contributed by atoms with E-state index >= 15 is 0 Å². The predicted molar refractivity (Wildman–Crippen MR) is 97.4 cm³/mol. The first kappa shape index (κ1) is 17.2. The molecule has 0 spiro atoms. The number of ether oxygens (including phenoxy) is 1. The second kappa shape index (κ2) is 7.94. The summed E-state index contributed by atoms with van der Waals surface area (Å²) >= 11 is 0. The molecule has 0 atom stereocenters. The number of nitrogens with zero attached hydrogens (tertiary/aromatic N) is 1. The zero-order chi connectivity index (χ0) is 18.4. The molecule has 0 aliphatic rings. The third-order valence-corrected chi connectivity index (χ3v) is 3.49. The number of hydrogen-bond donors (Lipinski definition) is 1. The summed E-state index contributed by atoms with van der Waals surface area (Å²) in [6.07, 6.45) is 2.76. The van der Waals surface area contributed by atoms with Crippen molar-refractivity contribution >= 4 is 23.8 Å². The molecule has 0 fully saturated rings. The lowest BCUT2D eigenvalue weighted by atomic mass is 10.2. The molecule has 0 saturated carbocycles. The van der Waals surface area contributed by atoms with Gasteiger partial charge in [0.05, 0.1) is 12.8 Å². The number of pyridine rings is 1. The first-order chi connectivity index (χ1) is 12.7. The normalized spacial score (nSPS) is 10.7. The number of nitrogens with one attached hydrogen (secondary N) is 1. The average molecular weight is 348 g/mol. The maximum atomic E-state index is 12.3. The molecule has 2 aromatic heterocycles. The van der Waals surface area contributed by atoms with Crippen LogP contribution in [0.1, 0.15) is 16.2 Å². The van der Waals surface area contributed by atoms with E-state index in [0.717, 1.165) is 5.56 Å². The third-order valence-electron chi connectivity index (χ3n) is 3.49. The lowest BCUT2D eigenvalue weighted by molar-refractivity contribution is -0.134. The SMILES string of the molecule is COC(=O)C=Cc1cccc(NC(=O)c2ccc(-c3ccccc3)o2)n1. The van der Waals surface area contributed by atoms with Gasteiger partial charge in [0.25, 0.3) is 5.91 Å². The summed E-state index contributed by atoms with van der Waals surface area (Å²) in [5, 5.41) is 2.67. The van der Waals surface area contributed by atoms with Crippen LogP contribution in [0.5, 0.6) is 0 Å². The Balaban J connectivity index is 1.71. The van der Waals surface area contributed by atoms with Gasteiger partial charge in [0.15, 0.2) is 5.76 Å². The molecule has 0 radical (unpaired) electrons. The minimum Gasteiger partial charge on any atom is -0.466 e. The second-order valence-corrected chi connectivity index (χ2v) is 5.29. The Hall–Kier alpha value is -3.67. The summed E-state index contributed by atoms with van der Waals surface area (Å²) in [6.45, 7) is 0. The van der Waals surface area contributed by atoms with Gasteiger partial charge in [0.1, 0.15) is 11.6 Å². The number of rotatable bonds is 5. The monoisotopic (exact) mass is 348 g/mol. The predicted octanol–water partition coefficient (Wildman–Crippen LogP) is 3.78. The van der Waals surface area contributed by atoms with Crippen LogP contribution < -0.4 is 5.32 Å². The van der Waals surface area contributed by atoms with E-state index in [1.54, 1.807) is 30.3 Å². The zero-order valence-electron chi connectivity index (χ0n) is 14.0. The van der Waals surface area contributed by atoms with Crippen molar-refractivity contribution in [3.8, 4) is 11.3 Å². The Bertz CT molecular complexity index is 945. The number of hydrogen-bond acceptors (Lipinski definition) is 5. The number of furan rings is 1. The summed E-state index contributed by atoms with van der Waals surface area (Å²) in [6, 6.07) is 17.9. The summed E-state index contributed by atoms with van der Waals surface area (Å²) in [5.41, 5.74) is 1.40. The van der Waals surface area contributed by atoms with Gasteiger partial charge in [-0.1, -0.05) is 36.4 Å². The summed E-state index contributed by atoms with van der Waals surface area (Å²) in [5.74, 6) is 0.248. The average Bonchev–Trinajstić information content (AvgIpc) is 3.17.